The highest BCUT2D eigenvalue weighted by Gasteiger charge is 2.42. The maximum Gasteiger partial charge on any atom is 0.391 e. The lowest BCUT2D eigenvalue weighted by atomic mass is 9.95. The number of para-hydroxylation sites is 1. The van der Waals surface area contributed by atoms with Crippen LogP contribution in [0.2, 0.25) is 0 Å². The molecule has 0 radical (unpaired) electrons. The van der Waals surface area contributed by atoms with E-state index in [4.69, 9.17) is 0 Å². The average molecular weight is 620 g/mol. The molecular formula is C30H36F3N5O4S. The number of aromatic nitrogens is 2. The molecule has 1 aromatic heterocycles. The second kappa shape index (κ2) is 13.7. The fraction of sp³-hybridized carbons (Fsp3) is 0.433. The summed E-state index contributed by atoms with van der Waals surface area (Å²) in [5.41, 5.74) is 2.88. The van der Waals surface area contributed by atoms with Crippen LogP contribution in [-0.4, -0.2) is 60.4 Å². The van der Waals surface area contributed by atoms with Gasteiger partial charge in [0.1, 0.15) is 10.9 Å². The van der Waals surface area contributed by atoms with E-state index in [1.165, 1.54) is 11.0 Å². The van der Waals surface area contributed by atoms with Crippen LogP contribution >= 0.6 is 0 Å². The van der Waals surface area contributed by atoms with Gasteiger partial charge in [-0.1, -0.05) is 49.4 Å². The van der Waals surface area contributed by atoms with E-state index < -0.39 is 40.0 Å². The van der Waals surface area contributed by atoms with E-state index >= 15 is 0 Å². The second-order valence-corrected chi connectivity index (χ2v) is 12.3. The van der Waals surface area contributed by atoms with E-state index in [1.54, 1.807) is 49.6 Å². The highest BCUT2D eigenvalue weighted by atomic mass is 32.2. The minimum absolute atomic E-state index is 0.0809. The predicted molar refractivity (Wildman–Crippen MR) is 157 cm³/mol. The number of hydrogen-bond acceptors (Lipinski definition) is 5. The van der Waals surface area contributed by atoms with Crippen LogP contribution in [-0.2, 0) is 26.0 Å². The van der Waals surface area contributed by atoms with Crippen LogP contribution in [0.25, 0.3) is 11.1 Å². The first kappa shape index (κ1) is 32.2. The molecule has 3 aromatic rings. The summed E-state index contributed by atoms with van der Waals surface area (Å²) >= 11 is 0. The number of imidazole rings is 1. The number of aromatic amines is 1. The fourth-order valence-electron chi connectivity index (χ4n) is 5.21. The summed E-state index contributed by atoms with van der Waals surface area (Å²) in [6.07, 6.45) is -2.21. The lowest BCUT2D eigenvalue weighted by molar-refractivity contribution is -0.186. The molecule has 1 aliphatic heterocycles. The zero-order chi connectivity index (χ0) is 31.2. The number of likely N-dealkylation sites (tertiary alicyclic amines) is 1. The number of anilines is 1. The van der Waals surface area contributed by atoms with Crippen molar-refractivity contribution in [2.24, 2.45) is 5.92 Å². The molecule has 1 saturated heterocycles. The molecule has 4 rings (SSSR count). The highest BCUT2D eigenvalue weighted by molar-refractivity contribution is 7.89. The molecule has 0 saturated carbocycles. The Labute approximate surface area is 249 Å². The standard InChI is InChI=1S/C30H36F3N5O4S/c1-3-27(39)36-28-23(21-9-5-4-6-10-21)11-7-14-26(28)43(41,42)37-25(13-8-12-24-20(2)34-19-35-24)29(40)38-17-15-22(16-18-38)30(31,32)33/h4-7,9-11,14,19,22,25,37H,3,8,12-13,15-18H2,1-2H3,(H,34,35)(H,36,39)/t25-/m0/s1. The molecule has 1 atom stereocenters. The van der Waals surface area contributed by atoms with Crippen molar-refractivity contribution in [3.05, 3.63) is 66.2 Å². The Kier molecular flexibility index (Phi) is 10.3. The van der Waals surface area contributed by atoms with Gasteiger partial charge in [0.2, 0.25) is 21.8 Å². The predicted octanol–water partition coefficient (Wildman–Crippen LogP) is 5.20. The molecule has 3 N–H and O–H groups in total. The number of nitrogens with one attached hydrogen (secondary N) is 3. The van der Waals surface area contributed by atoms with Crippen LogP contribution in [0.15, 0.2) is 59.8 Å². The van der Waals surface area contributed by atoms with Gasteiger partial charge in [-0.25, -0.2) is 13.4 Å². The number of H-pyrrole nitrogens is 1. The Balaban J connectivity index is 1.64. The van der Waals surface area contributed by atoms with E-state index in [0.29, 0.717) is 24.0 Å². The van der Waals surface area contributed by atoms with Crippen molar-refractivity contribution in [3.8, 4) is 11.1 Å². The molecule has 2 heterocycles. The molecular weight excluding hydrogens is 583 g/mol. The quantitative estimate of drug-likeness (QED) is 0.272. The van der Waals surface area contributed by atoms with Crippen molar-refractivity contribution in [2.45, 2.75) is 69.5 Å². The van der Waals surface area contributed by atoms with Gasteiger partial charge >= 0.3 is 6.18 Å². The summed E-state index contributed by atoms with van der Waals surface area (Å²) in [4.78, 5) is 34.4. The van der Waals surface area contributed by atoms with Crippen molar-refractivity contribution in [3.63, 3.8) is 0 Å². The lowest BCUT2D eigenvalue weighted by Crippen LogP contribution is -2.51. The molecule has 2 aromatic carbocycles. The Morgan fingerprint density at radius 1 is 1.09 bits per heavy atom. The number of nitrogens with zero attached hydrogens (tertiary/aromatic N) is 2. The number of carbonyl (C=O) groups is 2. The number of aryl methyl sites for hydroxylation is 2. The van der Waals surface area contributed by atoms with Crippen molar-refractivity contribution in [1.82, 2.24) is 19.6 Å². The van der Waals surface area contributed by atoms with Gasteiger partial charge in [0, 0.05) is 30.8 Å². The summed E-state index contributed by atoms with van der Waals surface area (Å²) in [5.74, 6) is -2.48. The van der Waals surface area contributed by atoms with Crippen molar-refractivity contribution < 1.29 is 31.2 Å². The number of sulfonamides is 1. The maximum atomic E-state index is 13.9. The molecule has 0 unspecified atom stereocenters. The number of hydrogen-bond donors (Lipinski definition) is 3. The monoisotopic (exact) mass is 619 g/mol. The zero-order valence-electron chi connectivity index (χ0n) is 24.1. The Morgan fingerprint density at radius 2 is 1.79 bits per heavy atom. The molecule has 1 fully saturated rings. The number of benzene rings is 2. The summed E-state index contributed by atoms with van der Waals surface area (Å²) in [6.45, 7) is 3.25. The summed E-state index contributed by atoms with van der Waals surface area (Å²) in [6, 6.07) is 12.3. The highest BCUT2D eigenvalue weighted by Crippen LogP contribution is 2.36. The molecule has 1 aliphatic rings. The maximum absolute atomic E-state index is 13.9. The first-order chi connectivity index (χ1) is 20.4. The summed E-state index contributed by atoms with van der Waals surface area (Å²) < 4.78 is 70.1. The largest absolute Gasteiger partial charge is 0.391 e. The Morgan fingerprint density at radius 3 is 2.40 bits per heavy atom. The average Bonchev–Trinajstić information content (AvgIpc) is 3.40. The third-order valence-electron chi connectivity index (χ3n) is 7.69. The second-order valence-electron chi connectivity index (χ2n) is 10.6. The van der Waals surface area contributed by atoms with Gasteiger partial charge in [0.15, 0.2) is 0 Å². The molecule has 0 aliphatic carbocycles. The minimum atomic E-state index is -4.40. The zero-order valence-corrected chi connectivity index (χ0v) is 24.9. The van der Waals surface area contributed by atoms with Gasteiger partial charge in [-0.3, -0.25) is 9.59 Å². The van der Waals surface area contributed by atoms with Crippen LogP contribution in [0.4, 0.5) is 18.9 Å². The molecule has 232 valence electrons. The third kappa shape index (κ3) is 8.02. The van der Waals surface area contributed by atoms with Gasteiger partial charge in [-0.05, 0) is 50.7 Å². The summed E-state index contributed by atoms with van der Waals surface area (Å²) in [5, 5.41) is 2.71. The molecule has 0 spiro atoms. The first-order valence-corrected chi connectivity index (χ1v) is 15.7. The molecule has 43 heavy (non-hydrogen) atoms. The molecule has 13 heteroatoms. The van der Waals surface area contributed by atoms with Crippen LogP contribution in [0.1, 0.15) is 50.4 Å². The van der Waals surface area contributed by atoms with Crippen LogP contribution in [0, 0.1) is 12.8 Å². The van der Waals surface area contributed by atoms with E-state index in [0.717, 1.165) is 11.4 Å². The molecule has 2 amide bonds. The van der Waals surface area contributed by atoms with E-state index in [9.17, 15) is 31.2 Å². The van der Waals surface area contributed by atoms with Gasteiger partial charge in [0.05, 0.1) is 23.6 Å². The van der Waals surface area contributed by atoms with Crippen molar-refractivity contribution in [2.75, 3.05) is 18.4 Å². The van der Waals surface area contributed by atoms with Gasteiger partial charge in [-0.2, -0.15) is 17.9 Å². The number of rotatable bonds is 11. The van der Waals surface area contributed by atoms with Crippen LogP contribution in [0.5, 0.6) is 0 Å². The smallest absolute Gasteiger partial charge is 0.348 e. The number of piperidine rings is 1. The number of amides is 2. The molecule has 0 bridgehead atoms. The van der Waals surface area contributed by atoms with Crippen molar-refractivity contribution >= 4 is 27.5 Å². The number of halogens is 3. The van der Waals surface area contributed by atoms with Crippen molar-refractivity contribution in [1.29, 1.82) is 0 Å². The lowest BCUT2D eigenvalue weighted by Gasteiger charge is -2.35. The normalized spacial score (nSPS) is 15.3. The van der Waals surface area contributed by atoms with E-state index in [2.05, 4.69) is 20.0 Å². The number of carbonyl (C=O) groups excluding carboxylic acids is 2. The van der Waals surface area contributed by atoms with Gasteiger partial charge < -0.3 is 15.2 Å². The van der Waals surface area contributed by atoms with Crippen LogP contribution < -0.4 is 10.0 Å². The Bertz CT molecular complexity index is 1520. The summed E-state index contributed by atoms with van der Waals surface area (Å²) in [7, 11) is -4.40. The Hall–Kier alpha value is -3.71. The van der Waals surface area contributed by atoms with E-state index in [-0.39, 0.29) is 49.4 Å². The van der Waals surface area contributed by atoms with Gasteiger partial charge in [0.25, 0.3) is 0 Å². The van der Waals surface area contributed by atoms with E-state index in [1.807, 2.05) is 13.0 Å². The van der Waals surface area contributed by atoms with Gasteiger partial charge in [-0.15, -0.1) is 0 Å². The van der Waals surface area contributed by atoms with Crippen LogP contribution in [0.3, 0.4) is 0 Å². The number of alkyl halides is 3. The first-order valence-electron chi connectivity index (χ1n) is 14.3. The molecule has 9 nitrogen and oxygen atoms in total. The SMILES string of the molecule is CCC(=O)Nc1c(-c2ccccc2)cccc1S(=O)(=O)N[C@@H](CCCc1nc[nH]c1C)C(=O)N1CCC(C(F)(F)F)CC1. The third-order valence-corrected chi connectivity index (χ3v) is 9.21. The minimum Gasteiger partial charge on any atom is -0.348 e. The topological polar surface area (TPSA) is 124 Å². The fourth-order valence-corrected chi connectivity index (χ4v) is 6.62.